The predicted molar refractivity (Wildman–Crippen MR) is 66.5 cm³/mol. The zero-order chi connectivity index (χ0) is 11.3. The molecule has 1 rings (SSSR count). The normalized spacial score (nSPS) is 9.20. The predicted octanol–water partition coefficient (Wildman–Crippen LogP) is 2.85. The Morgan fingerprint density at radius 1 is 1.67 bits per heavy atom. The maximum atomic E-state index is 11.2. The summed E-state index contributed by atoms with van der Waals surface area (Å²) in [5.74, 6) is -0.308. The molecule has 0 aliphatic heterocycles. The molecule has 0 radical (unpaired) electrons. The van der Waals surface area contributed by atoms with E-state index in [-0.39, 0.29) is 12.5 Å². The SMILES string of the molecule is Cc1cc(I)ccc1NC(=O)CN=[N+]=[N-]. The minimum atomic E-state index is -0.308. The number of carbonyl (C=O) groups is 1. The molecular weight excluding hydrogens is 307 g/mol. The highest BCUT2D eigenvalue weighted by Crippen LogP contribution is 2.17. The molecule has 0 saturated heterocycles. The van der Waals surface area contributed by atoms with E-state index in [1.165, 1.54) is 0 Å². The van der Waals surface area contributed by atoms with E-state index in [1.807, 2.05) is 25.1 Å². The van der Waals surface area contributed by atoms with E-state index in [0.29, 0.717) is 0 Å². The third-order valence-corrected chi connectivity index (χ3v) is 2.41. The van der Waals surface area contributed by atoms with Gasteiger partial charge in [0.25, 0.3) is 0 Å². The summed E-state index contributed by atoms with van der Waals surface area (Å²) in [6, 6.07) is 5.69. The molecule has 6 heteroatoms. The highest BCUT2D eigenvalue weighted by atomic mass is 127. The fraction of sp³-hybridized carbons (Fsp3) is 0.222. The molecule has 0 bridgehead atoms. The Morgan fingerprint density at radius 2 is 2.40 bits per heavy atom. The second-order valence-corrected chi connectivity index (χ2v) is 4.14. The molecule has 0 fully saturated rings. The molecule has 0 atom stereocenters. The Hall–Kier alpha value is -1.27. The van der Waals surface area contributed by atoms with Crippen molar-refractivity contribution in [1.82, 2.24) is 0 Å². The number of halogens is 1. The number of rotatable bonds is 3. The number of azide groups is 1. The van der Waals surface area contributed by atoms with Crippen molar-refractivity contribution in [2.45, 2.75) is 6.92 Å². The van der Waals surface area contributed by atoms with Gasteiger partial charge in [-0.3, -0.25) is 4.79 Å². The van der Waals surface area contributed by atoms with Crippen LogP contribution in [0.3, 0.4) is 0 Å². The maximum absolute atomic E-state index is 11.2. The minimum absolute atomic E-state index is 0.179. The Labute approximate surface area is 101 Å². The summed E-state index contributed by atoms with van der Waals surface area (Å²) in [5, 5.41) is 5.85. The lowest BCUT2D eigenvalue weighted by Gasteiger charge is -2.06. The van der Waals surface area contributed by atoms with Crippen LogP contribution in [-0.4, -0.2) is 12.5 Å². The van der Waals surface area contributed by atoms with E-state index < -0.39 is 0 Å². The first-order valence-electron chi connectivity index (χ1n) is 4.20. The zero-order valence-electron chi connectivity index (χ0n) is 8.07. The van der Waals surface area contributed by atoms with Crippen molar-refractivity contribution < 1.29 is 4.79 Å². The Bertz CT molecular complexity index is 426. The number of nitrogens with zero attached hydrogens (tertiary/aromatic N) is 3. The molecule has 0 unspecified atom stereocenters. The number of hydrogen-bond acceptors (Lipinski definition) is 2. The van der Waals surface area contributed by atoms with E-state index in [9.17, 15) is 4.79 Å². The van der Waals surface area contributed by atoms with E-state index in [4.69, 9.17) is 5.53 Å². The monoisotopic (exact) mass is 316 g/mol. The summed E-state index contributed by atoms with van der Waals surface area (Å²) < 4.78 is 1.11. The van der Waals surface area contributed by atoms with Crippen LogP contribution in [0.2, 0.25) is 0 Å². The molecule has 0 heterocycles. The lowest BCUT2D eigenvalue weighted by atomic mass is 10.2. The molecule has 1 aromatic carbocycles. The van der Waals surface area contributed by atoms with Crippen LogP contribution < -0.4 is 5.32 Å². The van der Waals surface area contributed by atoms with Crippen LogP contribution in [0.1, 0.15) is 5.56 Å². The summed E-state index contributed by atoms with van der Waals surface area (Å²) in [7, 11) is 0. The summed E-state index contributed by atoms with van der Waals surface area (Å²) in [5.41, 5.74) is 9.78. The van der Waals surface area contributed by atoms with Crippen LogP contribution in [0, 0.1) is 10.5 Å². The third kappa shape index (κ3) is 3.77. The molecule has 0 aromatic heterocycles. The number of aryl methyl sites for hydroxylation is 1. The van der Waals surface area contributed by atoms with Crippen molar-refractivity contribution in [2.24, 2.45) is 5.11 Å². The second-order valence-electron chi connectivity index (χ2n) is 2.90. The molecule has 0 saturated carbocycles. The number of carbonyl (C=O) groups excluding carboxylic acids is 1. The molecular formula is C9H9IN4O. The van der Waals surface area contributed by atoms with E-state index in [0.717, 1.165) is 14.8 Å². The van der Waals surface area contributed by atoms with Crippen molar-refractivity contribution in [3.05, 3.63) is 37.8 Å². The van der Waals surface area contributed by atoms with Crippen LogP contribution in [0.4, 0.5) is 5.69 Å². The molecule has 0 spiro atoms. The molecule has 1 N–H and O–H groups in total. The van der Waals surface area contributed by atoms with Gasteiger partial charge >= 0.3 is 0 Å². The topological polar surface area (TPSA) is 77.9 Å². The van der Waals surface area contributed by atoms with Crippen molar-refractivity contribution in [3.8, 4) is 0 Å². The number of nitrogens with one attached hydrogen (secondary N) is 1. The van der Waals surface area contributed by atoms with E-state index in [2.05, 4.69) is 37.9 Å². The quantitative estimate of drug-likeness (QED) is 0.396. The second kappa shape index (κ2) is 5.57. The summed E-state index contributed by atoms with van der Waals surface area (Å²) in [4.78, 5) is 13.7. The average Bonchev–Trinajstić information content (AvgIpc) is 2.19. The molecule has 78 valence electrons. The van der Waals surface area contributed by atoms with Gasteiger partial charge in [-0.15, -0.1) is 0 Å². The van der Waals surface area contributed by atoms with Gasteiger partial charge in [-0.2, -0.15) is 0 Å². The van der Waals surface area contributed by atoms with E-state index >= 15 is 0 Å². The van der Waals surface area contributed by atoms with Gasteiger partial charge in [0, 0.05) is 14.2 Å². The zero-order valence-corrected chi connectivity index (χ0v) is 10.2. The molecule has 5 nitrogen and oxygen atoms in total. The largest absolute Gasteiger partial charge is 0.326 e. The van der Waals surface area contributed by atoms with Crippen LogP contribution >= 0.6 is 22.6 Å². The van der Waals surface area contributed by atoms with Gasteiger partial charge < -0.3 is 5.32 Å². The van der Waals surface area contributed by atoms with Crippen LogP contribution in [0.15, 0.2) is 23.3 Å². The average molecular weight is 316 g/mol. The first-order chi connectivity index (χ1) is 7.13. The standard InChI is InChI=1S/C9H9IN4O/c1-6-4-7(10)2-3-8(6)13-9(15)5-12-14-11/h2-4H,5H2,1H3,(H,13,15). The molecule has 1 aromatic rings. The van der Waals surface area contributed by atoms with Crippen LogP contribution in [-0.2, 0) is 4.79 Å². The summed E-state index contributed by atoms with van der Waals surface area (Å²) >= 11 is 2.20. The fourth-order valence-corrected chi connectivity index (χ4v) is 1.70. The number of hydrogen-bond donors (Lipinski definition) is 1. The Balaban J connectivity index is 2.72. The Morgan fingerprint density at radius 3 is 3.00 bits per heavy atom. The van der Waals surface area contributed by atoms with Crippen LogP contribution in [0.25, 0.3) is 10.4 Å². The molecule has 0 aliphatic rings. The van der Waals surface area contributed by atoms with E-state index in [1.54, 1.807) is 0 Å². The highest BCUT2D eigenvalue weighted by Gasteiger charge is 2.03. The number of anilines is 1. The van der Waals surface area contributed by atoms with Gasteiger partial charge in [0.15, 0.2) is 0 Å². The van der Waals surface area contributed by atoms with Gasteiger partial charge in [-0.25, -0.2) is 0 Å². The fourth-order valence-electron chi connectivity index (χ4n) is 1.05. The van der Waals surface area contributed by atoms with Gasteiger partial charge in [0.2, 0.25) is 5.91 Å². The molecule has 0 aliphatic carbocycles. The minimum Gasteiger partial charge on any atom is -0.326 e. The number of benzene rings is 1. The summed E-state index contributed by atoms with van der Waals surface area (Å²) in [6.07, 6.45) is 0. The van der Waals surface area contributed by atoms with Gasteiger partial charge in [-0.05, 0) is 58.8 Å². The first kappa shape index (κ1) is 11.8. The smallest absolute Gasteiger partial charge is 0.230 e. The van der Waals surface area contributed by atoms with Crippen molar-refractivity contribution in [1.29, 1.82) is 0 Å². The lowest BCUT2D eigenvalue weighted by Crippen LogP contribution is -2.15. The Kier molecular flexibility index (Phi) is 4.38. The van der Waals surface area contributed by atoms with Crippen LogP contribution in [0.5, 0.6) is 0 Å². The van der Waals surface area contributed by atoms with Crippen molar-refractivity contribution in [2.75, 3.05) is 11.9 Å². The molecule has 1 amide bonds. The van der Waals surface area contributed by atoms with Crippen molar-refractivity contribution in [3.63, 3.8) is 0 Å². The van der Waals surface area contributed by atoms with Gasteiger partial charge in [-0.1, -0.05) is 5.11 Å². The molecule has 15 heavy (non-hydrogen) atoms. The first-order valence-corrected chi connectivity index (χ1v) is 5.28. The van der Waals surface area contributed by atoms with Gasteiger partial charge in [0.1, 0.15) is 6.54 Å². The van der Waals surface area contributed by atoms with Crippen molar-refractivity contribution >= 4 is 34.2 Å². The lowest BCUT2D eigenvalue weighted by molar-refractivity contribution is -0.114. The summed E-state index contributed by atoms with van der Waals surface area (Å²) in [6.45, 7) is 1.73. The highest BCUT2D eigenvalue weighted by molar-refractivity contribution is 14.1. The number of amides is 1. The van der Waals surface area contributed by atoms with Gasteiger partial charge in [0.05, 0.1) is 0 Å². The third-order valence-electron chi connectivity index (χ3n) is 1.74. The maximum Gasteiger partial charge on any atom is 0.230 e.